The Labute approximate surface area is 204 Å². The highest BCUT2D eigenvalue weighted by Gasteiger charge is 2.24. The zero-order chi connectivity index (χ0) is 24.5. The Morgan fingerprint density at radius 2 is 2.00 bits per heavy atom. The van der Waals surface area contributed by atoms with E-state index in [1.165, 1.54) is 17.4 Å². The Kier molecular flexibility index (Phi) is 6.14. The number of carbonyl (C=O) groups is 1. The molecule has 0 bridgehead atoms. The third-order valence-electron chi connectivity index (χ3n) is 5.89. The lowest BCUT2D eigenvalue weighted by molar-refractivity contribution is -0.384. The number of rotatable bonds is 6. The molecule has 1 N–H and O–H groups in total. The number of morpholine rings is 1. The number of hydrogen-bond donors (Lipinski definition) is 1. The summed E-state index contributed by atoms with van der Waals surface area (Å²) >= 11 is 1.41. The van der Waals surface area contributed by atoms with Gasteiger partial charge in [0.2, 0.25) is 4.96 Å². The summed E-state index contributed by atoms with van der Waals surface area (Å²) in [5.41, 5.74) is 2.90. The van der Waals surface area contributed by atoms with Gasteiger partial charge in [-0.05, 0) is 30.7 Å². The molecule has 1 aliphatic heterocycles. The molecule has 0 atom stereocenters. The number of aryl methyl sites for hydroxylation is 2. The molecule has 1 fully saturated rings. The second kappa shape index (κ2) is 9.39. The Morgan fingerprint density at radius 3 is 2.74 bits per heavy atom. The minimum atomic E-state index is -0.453. The number of ether oxygens (including phenoxy) is 1. The predicted molar refractivity (Wildman–Crippen MR) is 132 cm³/mol. The van der Waals surface area contributed by atoms with Crippen LogP contribution in [0.25, 0.3) is 15.5 Å². The maximum Gasteiger partial charge on any atom is 0.293 e. The van der Waals surface area contributed by atoms with Crippen molar-refractivity contribution in [3.05, 3.63) is 63.5 Å². The quantitative estimate of drug-likeness (QED) is 0.318. The molecule has 0 aliphatic carbocycles. The summed E-state index contributed by atoms with van der Waals surface area (Å²) in [5, 5.41) is 28.3. The summed E-state index contributed by atoms with van der Waals surface area (Å²) in [4.78, 5) is 27.0. The van der Waals surface area contributed by atoms with Gasteiger partial charge in [-0.2, -0.15) is 9.61 Å². The number of fused-ring (bicyclic) bond motifs is 1. The maximum absolute atomic E-state index is 13.1. The molecule has 180 valence electrons. The Morgan fingerprint density at radius 1 is 1.20 bits per heavy atom. The van der Waals surface area contributed by atoms with Gasteiger partial charge in [-0.3, -0.25) is 14.9 Å². The van der Waals surface area contributed by atoms with Gasteiger partial charge in [-0.1, -0.05) is 30.4 Å². The Bertz CT molecular complexity index is 1420. The fourth-order valence-electron chi connectivity index (χ4n) is 3.96. The van der Waals surface area contributed by atoms with E-state index < -0.39 is 10.8 Å². The van der Waals surface area contributed by atoms with E-state index in [-0.39, 0.29) is 11.3 Å². The monoisotopic (exact) mass is 493 g/mol. The standard InChI is InChI=1S/C23H23N7O4S/c1-3-20-25-26-23-29(20)27-22(35-23)16-5-4-14(2)17(12-16)24-21(31)15-6-7-18(19(13-15)30(32)33)28-8-10-34-11-9-28/h4-7,12-13H,3,8-11H2,1-2H3,(H,24,31). The van der Waals surface area contributed by atoms with Crippen LogP contribution in [0, 0.1) is 17.0 Å². The van der Waals surface area contributed by atoms with Gasteiger partial charge in [-0.25, -0.2) is 0 Å². The molecule has 5 rings (SSSR count). The van der Waals surface area contributed by atoms with Crippen molar-refractivity contribution in [2.75, 3.05) is 36.5 Å². The summed E-state index contributed by atoms with van der Waals surface area (Å²) in [6.45, 7) is 6.03. The van der Waals surface area contributed by atoms with Crippen LogP contribution in [-0.4, -0.2) is 56.9 Å². The van der Waals surface area contributed by atoms with E-state index in [0.29, 0.717) is 42.6 Å². The first-order valence-electron chi connectivity index (χ1n) is 11.2. The van der Waals surface area contributed by atoms with Crippen LogP contribution in [0.2, 0.25) is 0 Å². The molecule has 1 saturated heterocycles. The highest BCUT2D eigenvalue weighted by molar-refractivity contribution is 7.19. The molecule has 0 spiro atoms. The summed E-state index contributed by atoms with van der Waals surface area (Å²) in [6, 6.07) is 10.3. The van der Waals surface area contributed by atoms with Crippen molar-refractivity contribution in [1.29, 1.82) is 0 Å². The molecule has 35 heavy (non-hydrogen) atoms. The van der Waals surface area contributed by atoms with Crippen LogP contribution in [0.5, 0.6) is 0 Å². The Hall–Kier alpha value is -3.90. The molecule has 0 unspecified atom stereocenters. The fourth-order valence-corrected chi connectivity index (χ4v) is 4.82. The van der Waals surface area contributed by atoms with E-state index in [9.17, 15) is 14.9 Å². The zero-order valence-corrected chi connectivity index (χ0v) is 20.0. The first-order valence-corrected chi connectivity index (χ1v) is 12.0. The number of benzene rings is 2. The third kappa shape index (κ3) is 4.45. The van der Waals surface area contributed by atoms with Gasteiger partial charge in [0.05, 0.1) is 18.1 Å². The SMILES string of the molecule is CCc1nnc2sc(-c3ccc(C)c(NC(=O)c4ccc(N5CCOCC5)c([N+](=O)[O-])c4)c3)nn12. The second-order valence-electron chi connectivity index (χ2n) is 8.12. The van der Waals surface area contributed by atoms with Gasteiger partial charge in [-0.15, -0.1) is 10.2 Å². The molecular formula is C23H23N7O4S. The number of aromatic nitrogens is 4. The fraction of sp³-hybridized carbons (Fsp3) is 0.304. The van der Waals surface area contributed by atoms with Crippen molar-refractivity contribution in [1.82, 2.24) is 19.8 Å². The topological polar surface area (TPSA) is 128 Å². The second-order valence-corrected chi connectivity index (χ2v) is 9.07. The lowest BCUT2D eigenvalue weighted by Crippen LogP contribution is -2.36. The van der Waals surface area contributed by atoms with Gasteiger partial charge in [0.15, 0.2) is 5.82 Å². The molecule has 0 radical (unpaired) electrons. The van der Waals surface area contributed by atoms with Crippen LogP contribution >= 0.6 is 11.3 Å². The van der Waals surface area contributed by atoms with Crippen molar-refractivity contribution in [3.63, 3.8) is 0 Å². The molecule has 2 aromatic carbocycles. The van der Waals surface area contributed by atoms with Crippen LogP contribution in [0.4, 0.5) is 17.1 Å². The lowest BCUT2D eigenvalue weighted by Gasteiger charge is -2.28. The van der Waals surface area contributed by atoms with Crippen molar-refractivity contribution in [2.24, 2.45) is 0 Å². The maximum atomic E-state index is 13.1. The summed E-state index contributed by atoms with van der Waals surface area (Å²) < 4.78 is 7.07. The molecule has 12 heteroatoms. The average Bonchev–Trinajstić information content (AvgIpc) is 3.46. The number of carbonyl (C=O) groups excluding carboxylic acids is 1. The first-order chi connectivity index (χ1) is 16.9. The van der Waals surface area contributed by atoms with Crippen molar-refractivity contribution >= 4 is 39.3 Å². The van der Waals surface area contributed by atoms with E-state index in [1.807, 2.05) is 36.9 Å². The highest BCUT2D eigenvalue weighted by Crippen LogP contribution is 2.32. The minimum absolute atomic E-state index is 0.100. The van der Waals surface area contributed by atoms with Gasteiger partial charge < -0.3 is 15.0 Å². The smallest absolute Gasteiger partial charge is 0.293 e. The highest BCUT2D eigenvalue weighted by atomic mass is 32.1. The summed E-state index contributed by atoms with van der Waals surface area (Å²) in [5.74, 6) is 0.360. The summed E-state index contributed by atoms with van der Waals surface area (Å²) in [6.07, 6.45) is 0.718. The number of hydrogen-bond acceptors (Lipinski definition) is 9. The van der Waals surface area contributed by atoms with Gasteiger partial charge in [0, 0.05) is 42.4 Å². The normalized spacial score (nSPS) is 13.8. The molecule has 11 nitrogen and oxygen atoms in total. The first kappa shape index (κ1) is 22.9. The minimum Gasteiger partial charge on any atom is -0.378 e. The number of anilines is 2. The van der Waals surface area contributed by atoms with Crippen molar-refractivity contribution < 1.29 is 14.5 Å². The number of amides is 1. The van der Waals surface area contributed by atoms with E-state index in [4.69, 9.17) is 4.74 Å². The molecule has 0 saturated carbocycles. The lowest BCUT2D eigenvalue weighted by atomic mass is 10.1. The largest absolute Gasteiger partial charge is 0.378 e. The molecule has 1 amide bonds. The number of nitro groups is 1. The molecular weight excluding hydrogens is 470 g/mol. The molecule has 3 heterocycles. The summed E-state index contributed by atoms with van der Waals surface area (Å²) in [7, 11) is 0. The molecule has 1 aliphatic rings. The van der Waals surface area contributed by atoms with Crippen molar-refractivity contribution in [3.8, 4) is 10.6 Å². The number of nitrogens with zero attached hydrogens (tertiary/aromatic N) is 6. The van der Waals surface area contributed by atoms with Gasteiger partial charge in [0.1, 0.15) is 10.7 Å². The third-order valence-corrected chi connectivity index (χ3v) is 6.84. The van der Waals surface area contributed by atoms with Gasteiger partial charge in [0.25, 0.3) is 11.6 Å². The molecule has 4 aromatic rings. The van der Waals surface area contributed by atoms with E-state index in [2.05, 4.69) is 20.6 Å². The van der Waals surface area contributed by atoms with E-state index in [1.54, 1.807) is 16.6 Å². The van der Waals surface area contributed by atoms with E-state index in [0.717, 1.165) is 28.4 Å². The van der Waals surface area contributed by atoms with Crippen LogP contribution in [0.3, 0.4) is 0 Å². The van der Waals surface area contributed by atoms with Crippen LogP contribution < -0.4 is 10.2 Å². The molecule has 2 aromatic heterocycles. The van der Waals surface area contributed by atoms with Crippen LogP contribution in [0.1, 0.15) is 28.7 Å². The van der Waals surface area contributed by atoms with Crippen molar-refractivity contribution in [2.45, 2.75) is 20.3 Å². The average molecular weight is 494 g/mol. The van der Waals surface area contributed by atoms with E-state index >= 15 is 0 Å². The van der Waals surface area contributed by atoms with Crippen LogP contribution in [-0.2, 0) is 11.2 Å². The number of nitrogens with one attached hydrogen (secondary N) is 1. The van der Waals surface area contributed by atoms with Gasteiger partial charge >= 0.3 is 0 Å². The zero-order valence-electron chi connectivity index (χ0n) is 19.2. The number of nitro benzene ring substituents is 1. The predicted octanol–water partition coefficient (Wildman–Crippen LogP) is 3.72. The Balaban J connectivity index is 1.41. The van der Waals surface area contributed by atoms with Crippen LogP contribution in [0.15, 0.2) is 36.4 Å².